The van der Waals surface area contributed by atoms with Crippen LogP contribution in [0.25, 0.3) is 10.8 Å². The second-order valence-electron chi connectivity index (χ2n) is 10.3. The van der Waals surface area contributed by atoms with Gasteiger partial charge >= 0.3 is 0 Å². The zero-order valence-electron chi connectivity index (χ0n) is 23.0. The largest absolute Gasteiger partial charge is 0.483 e. The molecule has 0 radical (unpaired) electrons. The number of benzene rings is 4. The number of halogens is 2. The summed E-state index contributed by atoms with van der Waals surface area (Å²) in [5, 5.41) is 7.13. The number of hydrogen-bond donors (Lipinski definition) is 4. The van der Waals surface area contributed by atoms with Crippen LogP contribution in [0.1, 0.15) is 47.1 Å². The minimum absolute atomic E-state index is 0.00160. The van der Waals surface area contributed by atoms with Gasteiger partial charge in [-0.1, -0.05) is 61.0 Å². The zero-order valence-corrected chi connectivity index (χ0v) is 27.0. The van der Waals surface area contributed by atoms with Crippen molar-refractivity contribution in [3.63, 3.8) is 0 Å². The van der Waals surface area contributed by atoms with Crippen molar-refractivity contribution < 1.29 is 19.1 Å². The molecule has 3 amide bonds. The van der Waals surface area contributed by atoms with Crippen molar-refractivity contribution in [1.82, 2.24) is 16.2 Å². The normalized spacial score (nSPS) is 11.0. The Morgan fingerprint density at radius 2 is 1.45 bits per heavy atom. The van der Waals surface area contributed by atoms with Gasteiger partial charge in [0.15, 0.2) is 11.7 Å². The molecule has 0 spiro atoms. The molecule has 0 aliphatic carbocycles. The topological polar surface area (TPSA) is 109 Å². The summed E-state index contributed by atoms with van der Waals surface area (Å²) in [4.78, 5) is 37.4. The number of carbonyl (C=O) groups is 3. The minimum atomic E-state index is -0.502. The average molecular weight is 712 g/mol. The Kier molecular flexibility index (Phi) is 9.97. The maximum atomic E-state index is 12.6. The standard InChI is InChI=1S/C31H28Br2N4O4S/c1-31(2,3)21-9-4-18(5-10-21)28(39)34-23-12-6-19(7-13-23)29(40)36-37-30(42)35-26(38)17-41-25-15-8-20-16-22(32)11-14-24(20)27(25)33/h4-16H,17H2,1-3H3,(H,34,39)(H,36,40)(H2,35,37,38,42). The third-order valence-corrected chi connectivity index (χ3v) is 7.72. The number of carbonyl (C=O) groups excluding carboxylic acids is 3. The van der Waals surface area contributed by atoms with E-state index in [-0.39, 0.29) is 23.0 Å². The van der Waals surface area contributed by atoms with Crippen molar-refractivity contribution in [1.29, 1.82) is 0 Å². The van der Waals surface area contributed by atoms with Crippen LogP contribution in [0.3, 0.4) is 0 Å². The maximum Gasteiger partial charge on any atom is 0.269 e. The van der Waals surface area contributed by atoms with Gasteiger partial charge in [0, 0.05) is 21.3 Å². The fourth-order valence-electron chi connectivity index (χ4n) is 3.91. The molecular weight excluding hydrogens is 684 g/mol. The highest BCUT2D eigenvalue weighted by Crippen LogP contribution is 2.34. The molecule has 42 heavy (non-hydrogen) atoms. The van der Waals surface area contributed by atoms with Crippen LogP contribution in [0.15, 0.2) is 87.8 Å². The second-order valence-corrected chi connectivity index (χ2v) is 12.5. The highest BCUT2D eigenvalue weighted by molar-refractivity contribution is 9.11. The zero-order chi connectivity index (χ0) is 30.4. The van der Waals surface area contributed by atoms with E-state index in [1.165, 1.54) is 0 Å². The fourth-order valence-corrected chi connectivity index (χ4v) is 5.06. The number of anilines is 1. The molecule has 216 valence electrons. The van der Waals surface area contributed by atoms with Crippen LogP contribution in [0.4, 0.5) is 5.69 Å². The quantitative estimate of drug-likeness (QED) is 0.132. The smallest absolute Gasteiger partial charge is 0.269 e. The summed E-state index contributed by atoms with van der Waals surface area (Å²) >= 11 is 12.1. The Bertz CT molecular complexity index is 1650. The van der Waals surface area contributed by atoms with Crippen LogP contribution in [0.5, 0.6) is 5.75 Å². The molecule has 0 saturated heterocycles. The van der Waals surface area contributed by atoms with E-state index in [4.69, 9.17) is 17.0 Å². The highest BCUT2D eigenvalue weighted by atomic mass is 79.9. The Hall–Kier alpha value is -3.80. The predicted molar refractivity (Wildman–Crippen MR) is 176 cm³/mol. The van der Waals surface area contributed by atoms with Crippen LogP contribution < -0.4 is 26.2 Å². The van der Waals surface area contributed by atoms with Gasteiger partial charge in [-0.05, 0) is 104 Å². The van der Waals surface area contributed by atoms with Crippen LogP contribution in [0.2, 0.25) is 0 Å². The molecule has 4 aromatic rings. The van der Waals surface area contributed by atoms with E-state index in [1.807, 2.05) is 36.4 Å². The lowest BCUT2D eigenvalue weighted by Gasteiger charge is -2.19. The molecule has 0 atom stereocenters. The van der Waals surface area contributed by atoms with Crippen LogP contribution in [-0.2, 0) is 10.2 Å². The molecule has 0 aromatic heterocycles. The van der Waals surface area contributed by atoms with E-state index in [0.29, 0.717) is 22.6 Å². The summed E-state index contributed by atoms with van der Waals surface area (Å²) in [5.74, 6) is -0.728. The van der Waals surface area contributed by atoms with Crippen LogP contribution >= 0.6 is 44.1 Å². The summed E-state index contributed by atoms with van der Waals surface area (Å²) in [7, 11) is 0. The van der Waals surface area contributed by atoms with Gasteiger partial charge in [-0.25, -0.2) is 0 Å². The lowest BCUT2D eigenvalue weighted by atomic mass is 9.87. The number of thiocarbonyl (C=S) groups is 1. The van der Waals surface area contributed by atoms with Crippen molar-refractivity contribution in [3.8, 4) is 5.75 Å². The Morgan fingerprint density at radius 3 is 2.12 bits per heavy atom. The van der Waals surface area contributed by atoms with E-state index < -0.39 is 11.8 Å². The molecule has 0 heterocycles. The molecule has 11 heteroatoms. The molecule has 4 N–H and O–H groups in total. The molecule has 0 bridgehead atoms. The van der Waals surface area contributed by atoms with Crippen molar-refractivity contribution in [2.24, 2.45) is 0 Å². The Morgan fingerprint density at radius 1 is 0.810 bits per heavy atom. The first-order valence-corrected chi connectivity index (χ1v) is 14.8. The first kappa shape index (κ1) is 31.1. The summed E-state index contributed by atoms with van der Waals surface area (Å²) in [6, 6.07) is 23.3. The third-order valence-electron chi connectivity index (χ3n) is 6.20. The van der Waals surface area contributed by atoms with E-state index in [1.54, 1.807) is 42.5 Å². The summed E-state index contributed by atoms with van der Waals surface area (Å²) < 4.78 is 7.33. The number of ether oxygens (including phenoxy) is 1. The fraction of sp³-hybridized carbons (Fsp3) is 0.161. The molecule has 4 rings (SSSR count). The maximum absolute atomic E-state index is 12.6. The van der Waals surface area contributed by atoms with E-state index >= 15 is 0 Å². The van der Waals surface area contributed by atoms with Gasteiger partial charge in [0.25, 0.3) is 17.7 Å². The van der Waals surface area contributed by atoms with Gasteiger partial charge < -0.3 is 10.1 Å². The van der Waals surface area contributed by atoms with Gasteiger partial charge in [0.2, 0.25) is 0 Å². The van der Waals surface area contributed by atoms with Gasteiger partial charge in [0.1, 0.15) is 5.75 Å². The summed E-state index contributed by atoms with van der Waals surface area (Å²) in [6.07, 6.45) is 0. The summed E-state index contributed by atoms with van der Waals surface area (Å²) in [5.41, 5.74) is 7.46. The second kappa shape index (κ2) is 13.5. The summed E-state index contributed by atoms with van der Waals surface area (Å²) in [6.45, 7) is 6.05. The molecule has 0 aliphatic rings. The van der Waals surface area contributed by atoms with Crippen molar-refractivity contribution in [2.45, 2.75) is 26.2 Å². The number of hydrogen-bond acceptors (Lipinski definition) is 5. The lowest BCUT2D eigenvalue weighted by Crippen LogP contribution is -2.49. The van der Waals surface area contributed by atoms with Crippen LogP contribution in [0, 0.1) is 0 Å². The minimum Gasteiger partial charge on any atom is -0.483 e. The van der Waals surface area contributed by atoms with E-state index in [9.17, 15) is 14.4 Å². The number of hydrazine groups is 1. The van der Waals surface area contributed by atoms with Gasteiger partial charge in [-0.3, -0.25) is 30.6 Å². The average Bonchev–Trinajstić information content (AvgIpc) is 2.95. The number of rotatable bonds is 6. The van der Waals surface area contributed by atoms with Crippen molar-refractivity contribution in [3.05, 3.63) is 104 Å². The van der Waals surface area contributed by atoms with Gasteiger partial charge in [-0.15, -0.1) is 0 Å². The molecule has 4 aromatic carbocycles. The Labute approximate surface area is 265 Å². The first-order valence-electron chi connectivity index (χ1n) is 12.8. The highest BCUT2D eigenvalue weighted by Gasteiger charge is 2.15. The van der Waals surface area contributed by atoms with Crippen molar-refractivity contribution >= 4 is 83.4 Å². The monoisotopic (exact) mass is 710 g/mol. The van der Waals surface area contributed by atoms with E-state index in [0.717, 1.165) is 25.3 Å². The first-order chi connectivity index (χ1) is 19.9. The molecule has 8 nitrogen and oxygen atoms in total. The van der Waals surface area contributed by atoms with Crippen LogP contribution in [-0.4, -0.2) is 29.4 Å². The molecule has 0 aliphatic heterocycles. The SMILES string of the molecule is CC(C)(C)c1ccc(C(=O)Nc2ccc(C(=O)NNC(=S)NC(=O)COc3ccc4cc(Br)ccc4c3Br)cc2)cc1. The molecular formula is C31H28Br2N4O4S. The molecule has 0 fully saturated rings. The Balaban J connectivity index is 1.22. The lowest BCUT2D eigenvalue weighted by molar-refractivity contribution is -0.121. The van der Waals surface area contributed by atoms with E-state index in [2.05, 4.69) is 74.1 Å². The van der Waals surface area contributed by atoms with Gasteiger partial charge in [-0.2, -0.15) is 0 Å². The number of amides is 3. The number of nitrogens with one attached hydrogen (secondary N) is 4. The third kappa shape index (κ3) is 8.15. The van der Waals surface area contributed by atoms with Gasteiger partial charge in [0.05, 0.1) is 4.47 Å². The predicted octanol–water partition coefficient (Wildman–Crippen LogP) is 6.63. The van der Waals surface area contributed by atoms with Crippen molar-refractivity contribution in [2.75, 3.05) is 11.9 Å². The molecule has 0 saturated carbocycles. The number of fused-ring (bicyclic) bond motifs is 1. The molecule has 0 unspecified atom stereocenters.